The predicted molar refractivity (Wildman–Crippen MR) is 80.3 cm³/mol. The van der Waals surface area contributed by atoms with Crippen molar-refractivity contribution in [3.63, 3.8) is 0 Å². The molecule has 0 bridgehead atoms. The first kappa shape index (κ1) is 13.5. The van der Waals surface area contributed by atoms with Gasteiger partial charge in [-0.2, -0.15) is 5.26 Å². The highest BCUT2D eigenvalue weighted by atomic mass is 15.1. The molecule has 1 aliphatic carbocycles. The zero-order valence-corrected chi connectivity index (χ0v) is 11.6. The van der Waals surface area contributed by atoms with E-state index in [-0.39, 0.29) is 12.1 Å². The number of nitrogens with one attached hydrogen (secondary N) is 1. The Morgan fingerprint density at radius 3 is 2.81 bits per heavy atom. The lowest BCUT2D eigenvalue weighted by molar-refractivity contribution is 0.402. The van der Waals surface area contributed by atoms with Crippen LogP contribution in [0, 0.1) is 11.3 Å². The number of hydrogen-bond donors (Lipinski definition) is 3. The number of pyridine rings is 1. The summed E-state index contributed by atoms with van der Waals surface area (Å²) in [5.74, 6) is 0.803. The molecule has 5 N–H and O–H groups in total. The summed E-state index contributed by atoms with van der Waals surface area (Å²) < 4.78 is 0. The molecule has 7 nitrogen and oxygen atoms in total. The molecule has 2 aromatic heterocycles. The predicted octanol–water partition coefficient (Wildman–Crippen LogP) is 1.16. The number of nitrogens with zero attached hydrogens (tertiary/aromatic N) is 4. The van der Waals surface area contributed by atoms with Crippen LogP contribution in [0.5, 0.6) is 0 Å². The summed E-state index contributed by atoms with van der Waals surface area (Å²) in [6, 6.07) is 2.35. The van der Waals surface area contributed by atoms with E-state index in [1.807, 2.05) is 0 Å². The first-order chi connectivity index (χ1) is 10.2. The molecule has 21 heavy (non-hydrogen) atoms. The van der Waals surface area contributed by atoms with Gasteiger partial charge in [-0.15, -0.1) is 0 Å². The van der Waals surface area contributed by atoms with Crippen molar-refractivity contribution in [3.05, 3.63) is 18.0 Å². The van der Waals surface area contributed by atoms with Crippen LogP contribution in [-0.4, -0.2) is 27.0 Å². The fourth-order valence-electron chi connectivity index (χ4n) is 2.70. The molecule has 0 aromatic carbocycles. The van der Waals surface area contributed by atoms with Gasteiger partial charge in [-0.1, -0.05) is 12.8 Å². The molecule has 2 aromatic rings. The second-order valence-electron chi connectivity index (χ2n) is 5.32. The minimum absolute atomic E-state index is 0.107. The first-order valence-electron chi connectivity index (χ1n) is 7.02. The second kappa shape index (κ2) is 5.50. The van der Waals surface area contributed by atoms with Gasteiger partial charge in [0.2, 0.25) is 5.95 Å². The van der Waals surface area contributed by atoms with E-state index >= 15 is 0 Å². The molecule has 3 rings (SSSR count). The highest BCUT2D eigenvalue weighted by molar-refractivity contribution is 5.91. The van der Waals surface area contributed by atoms with Gasteiger partial charge in [-0.05, 0) is 12.8 Å². The normalized spacial score (nSPS) is 21.9. The Morgan fingerprint density at radius 2 is 2.05 bits per heavy atom. The van der Waals surface area contributed by atoms with Crippen molar-refractivity contribution in [1.29, 1.82) is 5.26 Å². The average molecular weight is 283 g/mol. The van der Waals surface area contributed by atoms with Crippen LogP contribution in [0.25, 0.3) is 10.9 Å². The van der Waals surface area contributed by atoms with Crippen LogP contribution in [0.2, 0.25) is 0 Å². The van der Waals surface area contributed by atoms with Gasteiger partial charge in [0.25, 0.3) is 0 Å². The molecule has 2 heterocycles. The van der Waals surface area contributed by atoms with Crippen LogP contribution in [-0.2, 0) is 0 Å². The lowest BCUT2D eigenvalue weighted by atomic mass is 9.91. The molecule has 0 aliphatic heterocycles. The van der Waals surface area contributed by atoms with E-state index < -0.39 is 0 Å². The zero-order valence-electron chi connectivity index (χ0n) is 11.6. The van der Waals surface area contributed by atoms with Crippen molar-refractivity contribution >= 4 is 22.7 Å². The summed E-state index contributed by atoms with van der Waals surface area (Å²) in [6.45, 7) is 0. The van der Waals surface area contributed by atoms with Crippen molar-refractivity contribution in [3.8, 4) is 6.07 Å². The summed E-state index contributed by atoms with van der Waals surface area (Å²) >= 11 is 0. The lowest BCUT2D eigenvalue weighted by Crippen LogP contribution is -2.42. The van der Waals surface area contributed by atoms with E-state index in [9.17, 15) is 0 Å². The summed E-state index contributed by atoms with van der Waals surface area (Å²) in [5, 5.41) is 13.0. The Labute approximate surface area is 122 Å². The van der Waals surface area contributed by atoms with Crippen LogP contribution in [0.4, 0.5) is 11.8 Å². The number of anilines is 2. The molecule has 1 aliphatic rings. The van der Waals surface area contributed by atoms with Gasteiger partial charge >= 0.3 is 0 Å². The highest BCUT2D eigenvalue weighted by Gasteiger charge is 2.22. The largest absolute Gasteiger partial charge is 0.383 e. The molecule has 108 valence electrons. The van der Waals surface area contributed by atoms with Gasteiger partial charge < -0.3 is 16.8 Å². The van der Waals surface area contributed by atoms with E-state index in [1.165, 1.54) is 12.6 Å². The third-order valence-electron chi connectivity index (χ3n) is 3.91. The smallest absolute Gasteiger partial charge is 0.223 e. The topological polar surface area (TPSA) is 127 Å². The summed E-state index contributed by atoms with van der Waals surface area (Å²) in [6.07, 6.45) is 7.36. The maximum absolute atomic E-state index is 9.15. The number of fused-ring (bicyclic) bond motifs is 1. The number of rotatable bonds is 2. The number of nitriles is 1. The summed E-state index contributed by atoms with van der Waals surface area (Å²) in [4.78, 5) is 12.6. The molecular weight excluding hydrogens is 266 g/mol. The van der Waals surface area contributed by atoms with E-state index in [1.54, 1.807) is 6.20 Å². The first-order valence-corrected chi connectivity index (χ1v) is 7.02. The number of nitrogen functional groups attached to an aromatic ring is 1. The number of hydrogen-bond acceptors (Lipinski definition) is 7. The minimum atomic E-state index is 0.107. The third kappa shape index (κ3) is 2.58. The molecule has 2 atom stereocenters. The molecule has 0 spiro atoms. The van der Waals surface area contributed by atoms with Crippen molar-refractivity contribution in [2.24, 2.45) is 5.73 Å². The Kier molecular flexibility index (Phi) is 3.54. The second-order valence-corrected chi connectivity index (χ2v) is 5.32. The van der Waals surface area contributed by atoms with Gasteiger partial charge in [-0.25, -0.2) is 15.0 Å². The number of nitrogens with two attached hydrogens (primary N) is 2. The van der Waals surface area contributed by atoms with Gasteiger partial charge in [0.1, 0.15) is 11.9 Å². The molecular formula is C14H17N7. The van der Waals surface area contributed by atoms with Crippen LogP contribution in [0.3, 0.4) is 0 Å². The molecule has 0 radical (unpaired) electrons. The van der Waals surface area contributed by atoms with E-state index in [2.05, 4.69) is 26.3 Å². The highest BCUT2D eigenvalue weighted by Crippen LogP contribution is 2.23. The van der Waals surface area contributed by atoms with Crippen molar-refractivity contribution in [2.75, 3.05) is 11.1 Å². The molecule has 0 amide bonds. The Balaban J connectivity index is 1.95. The molecule has 1 fully saturated rings. The Bertz CT molecular complexity index is 706. The van der Waals surface area contributed by atoms with E-state index in [0.29, 0.717) is 28.2 Å². The molecule has 0 unspecified atom stereocenters. The quantitative estimate of drug-likeness (QED) is 0.754. The zero-order chi connectivity index (χ0) is 14.8. The Morgan fingerprint density at radius 1 is 1.24 bits per heavy atom. The van der Waals surface area contributed by atoms with Gasteiger partial charge in [0, 0.05) is 24.5 Å². The summed E-state index contributed by atoms with van der Waals surface area (Å²) in [5.41, 5.74) is 12.8. The van der Waals surface area contributed by atoms with Crippen LogP contribution in [0.15, 0.2) is 12.4 Å². The van der Waals surface area contributed by atoms with Gasteiger partial charge in [0.05, 0.1) is 16.5 Å². The standard InChI is InChI=1S/C14H17N7/c15-5-8-6-18-13(17)9-7-19-14(21-12(8)9)20-11-4-2-1-3-10(11)16/h6-7,10-11H,1-4,16H2,(H2,17,18)(H,19,20,21)/t10-,11+/m1/s1. The maximum atomic E-state index is 9.15. The maximum Gasteiger partial charge on any atom is 0.223 e. The fourth-order valence-corrected chi connectivity index (χ4v) is 2.70. The van der Waals surface area contributed by atoms with Crippen LogP contribution >= 0.6 is 0 Å². The van der Waals surface area contributed by atoms with Crippen molar-refractivity contribution in [1.82, 2.24) is 15.0 Å². The van der Waals surface area contributed by atoms with Gasteiger partial charge in [-0.3, -0.25) is 0 Å². The Hall–Kier alpha value is -2.46. The van der Waals surface area contributed by atoms with Crippen LogP contribution in [0.1, 0.15) is 31.2 Å². The van der Waals surface area contributed by atoms with Crippen molar-refractivity contribution < 1.29 is 0 Å². The summed E-state index contributed by atoms with van der Waals surface area (Å²) in [7, 11) is 0. The monoisotopic (exact) mass is 283 g/mol. The fraction of sp³-hybridized carbons (Fsp3) is 0.429. The third-order valence-corrected chi connectivity index (χ3v) is 3.91. The molecule has 0 saturated heterocycles. The van der Waals surface area contributed by atoms with Crippen molar-refractivity contribution in [2.45, 2.75) is 37.8 Å². The van der Waals surface area contributed by atoms with Crippen LogP contribution < -0.4 is 16.8 Å². The van der Waals surface area contributed by atoms with Gasteiger partial charge in [0.15, 0.2) is 0 Å². The molecule has 7 heteroatoms. The molecule has 1 saturated carbocycles. The van der Waals surface area contributed by atoms with E-state index in [4.69, 9.17) is 16.7 Å². The lowest BCUT2D eigenvalue weighted by Gasteiger charge is -2.29. The average Bonchev–Trinajstić information content (AvgIpc) is 2.50. The SMILES string of the molecule is N#Cc1cnc(N)c2cnc(N[C@H]3CCCC[C@H]3N)nc12. The van der Waals surface area contributed by atoms with E-state index in [0.717, 1.165) is 19.3 Å². The minimum Gasteiger partial charge on any atom is -0.383 e. The number of aromatic nitrogens is 3.